The van der Waals surface area contributed by atoms with Crippen LogP contribution in [0.15, 0.2) is 49.4 Å². The monoisotopic (exact) mass is 349 g/mol. The van der Waals surface area contributed by atoms with E-state index in [1.807, 2.05) is 34.1 Å². The summed E-state index contributed by atoms with van der Waals surface area (Å²) in [5.41, 5.74) is 2.31. The number of amides is 1. The summed E-state index contributed by atoms with van der Waals surface area (Å²) >= 11 is 0. The molecular weight excluding hydrogens is 326 g/mol. The van der Waals surface area contributed by atoms with Crippen LogP contribution < -0.4 is 0 Å². The second-order valence-corrected chi connectivity index (χ2v) is 6.98. The molecule has 6 heteroatoms. The van der Waals surface area contributed by atoms with Crippen molar-refractivity contribution in [2.45, 2.75) is 32.2 Å². The van der Waals surface area contributed by atoms with Crippen molar-refractivity contribution in [1.82, 2.24) is 24.4 Å². The van der Waals surface area contributed by atoms with Gasteiger partial charge in [-0.15, -0.1) is 0 Å². The largest absolute Gasteiger partial charge is 0.341 e. The maximum Gasteiger partial charge on any atom is 0.242 e. The van der Waals surface area contributed by atoms with Crippen molar-refractivity contribution in [2.75, 3.05) is 13.1 Å². The summed E-state index contributed by atoms with van der Waals surface area (Å²) in [7, 11) is 0. The van der Waals surface area contributed by atoms with Crippen molar-refractivity contribution in [3.05, 3.63) is 55.0 Å². The molecule has 1 unspecified atom stereocenters. The van der Waals surface area contributed by atoms with Gasteiger partial charge < -0.3 is 9.47 Å². The lowest BCUT2D eigenvalue weighted by molar-refractivity contribution is -0.131. The van der Waals surface area contributed by atoms with Gasteiger partial charge in [-0.1, -0.05) is 0 Å². The van der Waals surface area contributed by atoms with Crippen LogP contribution in [-0.4, -0.2) is 43.4 Å². The molecule has 26 heavy (non-hydrogen) atoms. The lowest BCUT2D eigenvalue weighted by atomic mass is 9.92. The zero-order valence-electron chi connectivity index (χ0n) is 14.8. The van der Waals surface area contributed by atoms with Gasteiger partial charge in [0.15, 0.2) is 0 Å². The van der Waals surface area contributed by atoms with Crippen LogP contribution in [0.5, 0.6) is 0 Å². The molecule has 0 aromatic carbocycles. The fraction of sp³-hybridized carbons (Fsp3) is 0.400. The molecule has 1 saturated heterocycles. The van der Waals surface area contributed by atoms with Crippen LogP contribution >= 0.6 is 0 Å². The molecule has 1 amide bonds. The third-order valence-corrected chi connectivity index (χ3v) is 5.22. The molecule has 3 aromatic heterocycles. The molecule has 4 heterocycles. The molecule has 0 aliphatic carbocycles. The number of nitrogens with zero attached hydrogens (tertiary/aromatic N) is 5. The van der Waals surface area contributed by atoms with Crippen molar-refractivity contribution in [3.63, 3.8) is 0 Å². The standard InChI is InChI=1S/C20H23N5O/c26-20(14-24-11-8-22-15-24)25-9-1-2-16(5-10-25)12-17-3-7-23-19-4-6-21-13-18(17)19/h3-4,6-8,11,13,15-16H,1-2,5,9-10,12,14H2. The molecule has 1 atom stereocenters. The van der Waals surface area contributed by atoms with Crippen LogP contribution in [0.2, 0.25) is 0 Å². The number of rotatable bonds is 4. The number of hydrogen-bond donors (Lipinski definition) is 0. The Hall–Kier alpha value is -2.76. The van der Waals surface area contributed by atoms with Crippen LogP contribution in [0.1, 0.15) is 24.8 Å². The van der Waals surface area contributed by atoms with Gasteiger partial charge in [0.2, 0.25) is 5.91 Å². The maximum absolute atomic E-state index is 12.5. The summed E-state index contributed by atoms with van der Waals surface area (Å²) in [6.07, 6.45) is 15.1. The number of hydrogen-bond acceptors (Lipinski definition) is 4. The zero-order valence-corrected chi connectivity index (χ0v) is 14.8. The third-order valence-electron chi connectivity index (χ3n) is 5.22. The molecule has 1 aliphatic heterocycles. The topological polar surface area (TPSA) is 63.9 Å². The Morgan fingerprint density at radius 3 is 2.96 bits per heavy atom. The highest BCUT2D eigenvalue weighted by molar-refractivity contribution is 5.80. The summed E-state index contributed by atoms with van der Waals surface area (Å²) < 4.78 is 1.83. The van der Waals surface area contributed by atoms with E-state index in [2.05, 4.69) is 21.0 Å². The van der Waals surface area contributed by atoms with Crippen molar-refractivity contribution >= 4 is 16.8 Å². The fourth-order valence-electron chi connectivity index (χ4n) is 3.79. The van der Waals surface area contributed by atoms with Crippen LogP contribution in [0.25, 0.3) is 10.9 Å². The Morgan fingerprint density at radius 2 is 2.08 bits per heavy atom. The Kier molecular flexibility index (Phi) is 4.91. The first-order valence-corrected chi connectivity index (χ1v) is 9.21. The molecule has 4 rings (SSSR count). The van der Waals surface area contributed by atoms with Crippen molar-refractivity contribution in [2.24, 2.45) is 5.92 Å². The fourth-order valence-corrected chi connectivity index (χ4v) is 3.79. The highest BCUT2D eigenvalue weighted by Crippen LogP contribution is 2.25. The highest BCUT2D eigenvalue weighted by Gasteiger charge is 2.21. The summed E-state index contributed by atoms with van der Waals surface area (Å²) in [6.45, 7) is 2.06. The van der Waals surface area contributed by atoms with E-state index in [1.165, 1.54) is 5.56 Å². The first-order chi connectivity index (χ1) is 12.8. The van der Waals surface area contributed by atoms with E-state index in [1.54, 1.807) is 18.7 Å². The number of imidazole rings is 1. The molecular formula is C20H23N5O. The number of carbonyl (C=O) groups is 1. The Balaban J connectivity index is 1.40. The quantitative estimate of drug-likeness (QED) is 0.726. The van der Waals surface area contributed by atoms with E-state index < -0.39 is 0 Å². The van der Waals surface area contributed by atoms with Gasteiger partial charge in [-0.2, -0.15) is 0 Å². The molecule has 3 aromatic rings. The molecule has 0 bridgehead atoms. The molecule has 0 saturated carbocycles. The number of pyridine rings is 2. The Labute approximate surface area is 152 Å². The molecule has 0 radical (unpaired) electrons. The van der Waals surface area contributed by atoms with Gasteiger partial charge in [0.25, 0.3) is 0 Å². The van der Waals surface area contributed by atoms with Gasteiger partial charge in [0.05, 0.1) is 11.8 Å². The molecule has 0 N–H and O–H groups in total. The second kappa shape index (κ2) is 7.64. The lowest BCUT2D eigenvalue weighted by Gasteiger charge is -2.21. The van der Waals surface area contributed by atoms with Gasteiger partial charge in [-0.25, -0.2) is 4.98 Å². The molecule has 134 valence electrons. The van der Waals surface area contributed by atoms with Crippen molar-refractivity contribution < 1.29 is 4.79 Å². The van der Waals surface area contributed by atoms with Crippen molar-refractivity contribution in [3.8, 4) is 0 Å². The van der Waals surface area contributed by atoms with Crippen molar-refractivity contribution in [1.29, 1.82) is 0 Å². The van der Waals surface area contributed by atoms with Gasteiger partial charge in [0, 0.05) is 49.5 Å². The molecule has 6 nitrogen and oxygen atoms in total. The summed E-state index contributed by atoms with van der Waals surface area (Å²) in [4.78, 5) is 27.2. The maximum atomic E-state index is 12.5. The zero-order chi connectivity index (χ0) is 17.8. The third kappa shape index (κ3) is 3.74. The second-order valence-electron chi connectivity index (χ2n) is 6.98. The van der Waals surface area contributed by atoms with E-state index in [0.29, 0.717) is 12.5 Å². The minimum absolute atomic E-state index is 0.183. The van der Waals surface area contributed by atoms with Gasteiger partial charge in [0.1, 0.15) is 6.54 Å². The minimum atomic E-state index is 0.183. The van der Waals surface area contributed by atoms with E-state index in [9.17, 15) is 4.79 Å². The number of fused-ring (bicyclic) bond motifs is 1. The van der Waals surface area contributed by atoms with Crippen LogP contribution in [0, 0.1) is 5.92 Å². The van der Waals surface area contributed by atoms with E-state index in [4.69, 9.17) is 0 Å². The Bertz CT molecular complexity index is 872. The summed E-state index contributed by atoms with van der Waals surface area (Å²) in [5.74, 6) is 0.772. The lowest BCUT2D eigenvalue weighted by Crippen LogP contribution is -2.34. The predicted molar refractivity (Wildman–Crippen MR) is 99.4 cm³/mol. The summed E-state index contributed by atoms with van der Waals surface area (Å²) in [5, 5.41) is 1.15. The first-order valence-electron chi connectivity index (χ1n) is 9.21. The number of likely N-dealkylation sites (tertiary alicyclic amines) is 1. The van der Waals surface area contributed by atoms with E-state index in [-0.39, 0.29) is 5.91 Å². The van der Waals surface area contributed by atoms with E-state index in [0.717, 1.165) is 49.7 Å². The molecule has 1 aliphatic rings. The molecule has 1 fully saturated rings. The average Bonchev–Trinajstić information content (AvgIpc) is 3.06. The van der Waals surface area contributed by atoms with E-state index >= 15 is 0 Å². The van der Waals surface area contributed by atoms with Gasteiger partial charge in [-0.3, -0.25) is 14.8 Å². The normalized spacial score (nSPS) is 18.0. The van der Waals surface area contributed by atoms with Gasteiger partial charge >= 0.3 is 0 Å². The highest BCUT2D eigenvalue weighted by atomic mass is 16.2. The Morgan fingerprint density at radius 1 is 1.12 bits per heavy atom. The average molecular weight is 349 g/mol. The number of aromatic nitrogens is 4. The number of carbonyl (C=O) groups excluding carboxylic acids is 1. The summed E-state index contributed by atoms with van der Waals surface area (Å²) in [6, 6.07) is 4.07. The smallest absolute Gasteiger partial charge is 0.242 e. The minimum Gasteiger partial charge on any atom is -0.341 e. The molecule has 0 spiro atoms. The van der Waals surface area contributed by atoms with Crippen LogP contribution in [0.4, 0.5) is 0 Å². The predicted octanol–water partition coefficient (Wildman–Crippen LogP) is 2.70. The van der Waals surface area contributed by atoms with Crippen LogP contribution in [0.3, 0.4) is 0 Å². The SMILES string of the molecule is O=C(Cn1ccnc1)N1CCCC(Cc2ccnc3ccncc23)CC1. The van der Waals surface area contributed by atoms with Crippen LogP contribution in [-0.2, 0) is 17.8 Å². The van der Waals surface area contributed by atoms with Gasteiger partial charge in [-0.05, 0) is 49.3 Å². The first kappa shape index (κ1) is 16.7.